The summed E-state index contributed by atoms with van der Waals surface area (Å²) in [5.41, 5.74) is 0. The van der Waals surface area contributed by atoms with E-state index in [1.165, 1.54) is 0 Å². The molecule has 0 unspecified atom stereocenters. The third kappa shape index (κ3) is 9.10. The van der Waals surface area contributed by atoms with Crippen molar-refractivity contribution in [2.45, 2.75) is 58.1 Å². The van der Waals surface area contributed by atoms with Crippen molar-refractivity contribution in [3.8, 4) is 0 Å². The molecule has 2 aliphatic heterocycles. The van der Waals surface area contributed by atoms with Crippen LogP contribution in [0.25, 0.3) is 0 Å². The SMILES string of the molecule is CCNC(=NCCCOC1CCOCC1)NC1CCN(S(=O)(=O)CC)CC1.I. The Morgan fingerprint density at radius 1 is 1.18 bits per heavy atom. The third-order valence-corrected chi connectivity index (χ3v) is 6.87. The highest BCUT2D eigenvalue weighted by Crippen LogP contribution is 2.14. The minimum absolute atomic E-state index is 0. The molecular formula is C18H37IN4O4S. The fourth-order valence-corrected chi connectivity index (χ4v) is 4.45. The maximum absolute atomic E-state index is 12.0. The highest BCUT2D eigenvalue weighted by Gasteiger charge is 2.27. The molecule has 0 saturated carbocycles. The number of sulfonamides is 1. The maximum Gasteiger partial charge on any atom is 0.213 e. The Kier molecular flexibility index (Phi) is 12.9. The van der Waals surface area contributed by atoms with Gasteiger partial charge in [0.25, 0.3) is 0 Å². The fraction of sp³-hybridized carbons (Fsp3) is 0.944. The molecule has 2 N–H and O–H groups in total. The van der Waals surface area contributed by atoms with E-state index in [9.17, 15) is 8.42 Å². The number of hydrogen-bond acceptors (Lipinski definition) is 5. The van der Waals surface area contributed by atoms with Crippen molar-refractivity contribution in [1.29, 1.82) is 0 Å². The smallest absolute Gasteiger partial charge is 0.213 e. The number of piperidine rings is 1. The molecule has 0 bridgehead atoms. The van der Waals surface area contributed by atoms with Crippen LogP contribution in [0, 0.1) is 0 Å². The zero-order valence-electron chi connectivity index (χ0n) is 17.2. The summed E-state index contributed by atoms with van der Waals surface area (Å²) in [5.74, 6) is 0.978. The van der Waals surface area contributed by atoms with Gasteiger partial charge in [0.2, 0.25) is 10.0 Å². The van der Waals surface area contributed by atoms with Gasteiger partial charge in [-0.2, -0.15) is 0 Å². The lowest BCUT2D eigenvalue weighted by molar-refractivity contribution is -0.0318. The van der Waals surface area contributed by atoms with Crippen LogP contribution in [-0.4, -0.2) is 82.6 Å². The van der Waals surface area contributed by atoms with Crippen molar-refractivity contribution in [3.63, 3.8) is 0 Å². The molecule has 166 valence electrons. The van der Waals surface area contributed by atoms with E-state index in [2.05, 4.69) is 15.6 Å². The number of aliphatic imine (C=N–C) groups is 1. The Labute approximate surface area is 187 Å². The molecule has 2 aliphatic rings. The first-order chi connectivity index (χ1) is 13.0. The number of nitrogens with one attached hydrogen (secondary N) is 2. The topological polar surface area (TPSA) is 92.3 Å². The second kappa shape index (κ2) is 13.9. The van der Waals surface area contributed by atoms with Gasteiger partial charge in [-0.05, 0) is 46.0 Å². The maximum atomic E-state index is 12.0. The van der Waals surface area contributed by atoms with Crippen LogP contribution >= 0.6 is 24.0 Å². The number of nitrogens with zero attached hydrogens (tertiary/aromatic N) is 2. The predicted molar refractivity (Wildman–Crippen MR) is 123 cm³/mol. The van der Waals surface area contributed by atoms with Gasteiger partial charge in [-0.25, -0.2) is 12.7 Å². The summed E-state index contributed by atoms with van der Waals surface area (Å²) in [6, 6.07) is 0.254. The molecule has 2 heterocycles. The van der Waals surface area contributed by atoms with Crippen molar-refractivity contribution in [3.05, 3.63) is 0 Å². The van der Waals surface area contributed by atoms with Crippen molar-refractivity contribution >= 4 is 40.0 Å². The van der Waals surface area contributed by atoms with Gasteiger partial charge in [-0.15, -0.1) is 24.0 Å². The normalized spacial score (nSPS) is 20.6. The van der Waals surface area contributed by atoms with Crippen molar-refractivity contribution in [1.82, 2.24) is 14.9 Å². The van der Waals surface area contributed by atoms with E-state index in [1.54, 1.807) is 11.2 Å². The average molecular weight is 532 g/mol. The van der Waals surface area contributed by atoms with Crippen LogP contribution in [0.5, 0.6) is 0 Å². The van der Waals surface area contributed by atoms with Gasteiger partial charge in [0.05, 0.1) is 11.9 Å². The van der Waals surface area contributed by atoms with Gasteiger partial charge in [0, 0.05) is 52.0 Å². The minimum atomic E-state index is -3.08. The molecule has 28 heavy (non-hydrogen) atoms. The van der Waals surface area contributed by atoms with E-state index >= 15 is 0 Å². The van der Waals surface area contributed by atoms with Crippen molar-refractivity contribution in [2.24, 2.45) is 4.99 Å². The van der Waals surface area contributed by atoms with Crippen LogP contribution in [0.2, 0.25) is 0 Å². The molecule has 0 spiro atoms. The van der Waals surface area contributed by atoms with Crippen LogP contribution in [-0.2, 0) is 19.5 Å². The largest absolute Gasteiger partial charge is 0.381 e. The molecule has 0 aliphatic carbocycles. The Balaban J connectivity index is 0.00000392. The molecule has 0 aromatic rings. The van der Waals surface area contributed by atoms with Gasteiger partial charge < -0.3 is 20.1 Å². The molecule has 0 aromatic heterocycles. The zero-order chi connectivity index (χ0) is 19.5. The van der Waals surface area contributed by atoms with Gasteiger partial charge in [0.1, 0.15) is 0 Å². The van der Waals surface area contributed by atoms with Gasteiger partial charge in [-0.3, -0.25) is 4.99 Å². The summed E-state index contributed by atoms with van der Waals surface area (Å²) in [6.45, 7) is 8.73. The number of halogens is 1. The summed E-state index contributed by atoms with van der Waals surface area (Å²) in [5, 5.41) is 6.72. The van der Waals surface area contributed by atoms with E-state index < -0.39 is 10.0 Å². The second-order valence-electron chi connectivity index (χ2n) is 7.01. The molecule has 2 saturated heterocycles. The average Bonchev–Trinajstić information content (AvgIpc) is 2.69. The number of guanidine groups is 1. The molecule has 0 amide bonds. The number of ether oxygens (including phenoxy) is 2. The Morgan fingerprint density at radius 2 is 1.86 bits per heavy atom. The molecular weight excluding hydrogens is 495 g/mol. The summed E-state index contributed by atoms with van der Waals surface area (Å²) in [4.78, 5) is 4.63. The Bertz CT molecular complexity index is 548. The molecule has 0 radical (unpaired) electrons. The summed E-state index contributed by atoms with van der Waals surface area (Å²) in [6.07, 6.45) is 4.80. The van der Waals surface area contributed by atoms with Crippen LogP contribution in [0.15, 0.2) is 4.99 Å². The fourth-order valence-electron chi connectivity index (χ4n) is 3.32. The van der Waals surface area contributed by atoms with Crippen LogP contribution in [0.1, 0.15) is 46.0 Å². The first-order valence-corrected chi connectivity index (χ1v) is 11.9. The summed E-state index contributed by atoms with van der Waals surface area (Å²) >= 11 is 0. The van der Waals surface area contributed by atoms with Gasteiger partial charge in [0.15, 0.2) is 5.96 Å². The van der Waals surface area contributed by atoms with Crippen LogP contribution < -0.4 is 10.6 Å². The van der Waals surface area contributed by atoms with Gasteiger partial charge in [-0.1, -0.05) is 0 Å². The summed E-state index contributed by atoms with van der Waals surface area (Å²) in [7, 11) is -3.08. The number of rotatable bonds is 9. The first kappa shape index (κ1) is 25.9. The number of hydrogen-bond donors (Lipinski definition) is 2. The lowest BCUT2D eigenvalue weighted by Crippen LogP contribution is -2.50. The Morgan fingerprint density at radius 3 is 2.46 bits per heavy atom. The van der Waals surface area contributed by atoms with Crippen LogP contribution in [0.3, 0.4) is 0 Å². The quantitative estimate of drug-likeness (QED) is 0.203. The van der Waals surface area contributed by atoms with E-state index in [0.29, 0.717) is 25.7 Å². The predicted octanol–water partition coefficient (Wildman–Crippen LogP) is 1.56. The third-order valence-electron chi connectivity index (χ3n) is 4.99. The van der Waals surface area contributed by atoms with Crippen molar-refractivity contribution < 1.29 is 17.9 Å². The first-order valence-electron chi connectivity index (χ1n) is 10.3. The lowest BCUT2D eigenvalue weighted by Gasteiger charge is -2.32. The zero-order valence-corrected chi connectivity index (χ0v) is 20.3. The second-order valence-corrected chi connectivity index (χ2v) is 9.27. The standard InChI is InChI=1S/C18H36N4O4S.HI/c1-3-19-18(20-10-5-13-26-17-8-14-25-15-9-17)21-16-6-11-22(12-7-16)27(23,24)4-2;/h16-17H,3-15H2,1-2H3,(H2,19,20,21);1H. The molecule has 2 rings (SSSR count). The van der Waals surface area contributed by atoms with Crippen molar-refractivity contribution in [2.75, 3.05) is 51.8 Å². The minimum Gasteiger partial charge on any atom is -0.381 e. The van der Waals surface area contributed by atoms with Crippen LogP contribution in [0.4, 0.5) is 0 Å². The Hall–Kier alpha value is -0.170. The lowest BCUT2D eigenvalue weighted by atomic mass is 10.1. The molecule has 8 nitrogen and oxygen atoms in total. The van der Waals surface area contributed by atoms with E-state index in [1.807, 2.05) is 6.92 Å². The van der Waals surface area contributed by atoms with Gasteiger partial charge >= 0.3 is 0 Å². The monoisotopic (exact) mass is 532 g/mol. The molecule has 10 heteroatoms. The highest BCUT2D eigenvalue weighted by atomic mass is 127. The summed E-state index contributed by atoms with van der Waals surface area (Å²) < 4.78 is 36.7. The molecule has 2 fully saturated rings. The molecule has 0 aromatic carbocycles. The molecule has 0 atom stereocenters. The van der Waals surface area contributed by atoms with E-state index in [0.717, 1.165) is 64.4 Å². The highest BCUT2D eigenvalue weighted by molar-refractivity contribution is 14.0. The van der Waals surface area contributed by atoms with E-state index in [-0.39, 0.29) is 35.8 Å². The van der Waals surface area contributed by atoms with E-state index in [4.69, 9.17) is 9.47 Å².